The van der Waals surface area contributed by atoms with Crippen molar-refractivity contribution >= 4 is 11.6 Å². The highest BCUT2D eigenvalue weighted by Gasteiger charge is 1.97. The van der Waals surface area contributed by atoms with Gasteiger partial charge in [0.25, 0.3) is 0 Å². The molecule has 1 rings (SSSR count). The van der Waals surface area contributed by atoms with Crippen molar-refractivity contribution in [2.24, 2.45) is 7.05 Å². The number of hydrogen-bond acceptors (Lipinski definition) is 1. The Kier molecular flexibility index (Phi) is 1.98. The van der Waals surface area contributed by atoms with Gasteiger partial charge < -0.3 is 0 Å². The Morgan fingerprint density at radius 1 is 1.70 bits per heavy atom. The third kappa shape index (κ3) is 1.14. The molecular weight excluding hydrogens is 148 g/mol. The van der Waals surface area contributed by atoms with E-state index in [0.29, 0.717) is 0 Å². The van der Waals surface area contributed by atoms with E-state index in [1.165, 1.54) is 0 Å². The van der Waals surface area contributed by atoms with Crippen molar-refractivity contribution in [3.8, 4) is 11.3 Å². The Morgan fingerprint density at radius 3 is 2.80 bits per heavy atom. The van der Waals surface area contributed by atoms with Gasteiger partial charge in [-0.05, 0) is 24.4 Å². The van der Waals surface area contributed by atoms with Crippen LogP contribution in [0.3, 0.4) is 0 Å². The second-order valence-corrected chi connectivity index (χ2v) is 2.18. The van der Waals surface area contributed by atoms with Gasteiger partial charge in [-0.1, -0.05) is 0 Å². The zero-order valence-electron chi connectivity index (χ0n) is 5.85. The van der Waals surface area contributed by atoms with E-state index in [4.69, 9.17) is 11.6 Å². The molecule has 0 unspecified atom stereocenters. The highest BCUT2D eigenvalue weighted by Crippen LogP contribution is 2.02. The number of halogens is 1. The van der Waals surface area contributed by atoms with Crippen LogP contribution in [0.1, 0.15) is 11.3 Å². The largest absolute Gasteiger partial charge is 0.272 e. The van der Waals surface area contributed by atoms with Crippen LogP contribution in [0, 0.1) is 18.2 Å². The maximum Gasteiger partial charge on any atom is 0.0667 e. The molecule has 0 atom stereocenters. The van der Waals surface area contributed by atoms with Gasteiger partial charge in [-0.15, -0.1) is 0 Å². The first-order valence-electron chi connectivity index (χ1n) is 2.86. The van der Waals surface area contributed by atoms with E-state index >= 15 is 0 Å². The van der Waals surface area contributed by atoms with Crippen molar-refractivity contribution in [1.82, 2.24) is 9.78 Å². The van der Waals surface area contributed by atoms with E-state index in [2.05, 4.69) is 16.4 Å². The number of aromatic nitrogens is 2. The molecule has 0 aromatic carbocycles. The predicted octanol–water partition coefficient (Wildman–Crippen LogP) is 1.28. The second kappa shape index (κ2) is 2.76. The normalized spacial score (nSPS) is 8.70. The fraction of sp³-hybridized carbons (Fsp3) is 0.286. The summed E-state index contributed by atoms with van der Waals surface area (Å²) < 4.78 is 1.76. The lowest BCUT2D eigenvalue weighted by atomic mass is 10.3. The summed E-state index contributed by atoms with van der Waals surface area (Å²) in [5, 5.41) is 6.30. The topological polar surface area (TPSA) is 17.8 Å². The second-order valence-electron chi connectivity index (χ2n) is 1.99. The zero-order valence-corrected chi connectivity index (χ0v) is 6.61. The van der Waals surface area contributed by atoms with Crippen molar-refractivity contribution in [1.29, 1.82) is 0 Å². The van der Waals surface area contributed by atoms with E-state index in [9.17, 15) is 0 Å². The summed E-state index contributed by atoms with van der Waals surface area (Å²) >= 11 is 5.22. The highest BCUT2D eigenvalue weighted by molar-refractivity contribution is 6.30. The molecule has 1 aromatic heterocycles. The third-order valence-electron chi connectivity index (χ3n) is 1.42. The minimum Gasteiger partial charge on any atom is -0.272 e. The molecule has 1 heterocycles. The van der Waals surface area contributed by atoms with Crippen LogP contribution in [0.5, 0.6) is 0 Å². The molecule has 0 aliphatic carbocycles. The van der Waals surface area contributed by atoms with E-state index in [-0.39, 0.29) is 0 Å². The lowest BCUT2D eigenvalue weighted by molar-refractivity contribution is 0.740. The molecule has 0 aliphatic rings. The van der Waals surface area contributed by atoms with Crippen LogP contribution in [-0.4, -0.2) is 9.78 Å². The van der Waals surface area contributed by atoms with Gasteiger partial charge in [-0.2, -0.15) is 5.10 Å². The number of hydrogen-bond donors (Lipinski definition) is 0. The van der Waals surface area contributed by atoms with Gasteiger partial charge in [0.15, 0.2) is 0 Å². The summed E-state index contributed by atoms with van der Waals surface area (Å²) in [6, 6.07) is 0. The summed E-state index contributed by atoms with van der Waals surface area (Å²) in [5.41, 5.74) is 1.92. The average molecular weight is 155 g/mol. The van der Waals surface area contributed by atoms with Gasteiger partial charge in [0, 0.05) is 12.4 Å². The van der Waals surface area contributed by atoms with Gasteiger partial charge >= 0.3 is 0 Å². The molecule has 0 bridgehead atoms. The Hall–Kier alpha value is -0.940. The maximum atomic E-state index is 5.22. The molecule has 1 aromatic rings. The molecule has 0 radical (unpaired) electrons. The van der Waals surface area contributed by atoms with E-state index in [1.807, 2.05) is 14.0 Å². The summed E-state index contributed by atoms with van der Waals surface area (Å²) in [7, 11) is 1.87. The molecule has 2 nitrogen and oxygen atoms in total. The van der Waals surface area contributed by atoms with E-state index in [0.717, 1.165) is 11.3 Å². The number of nitrogens with zero attached hydrogens (tertiary/aromatic N) is 2. The minimum absolute atomic E-state index is 0.887. The molecule has 3 heteroatoms. The lowest BCUT2D eigenvalue weighted by Gasteiger charge is -1.90. The molecule has 0 N–H and O–H groups in total. The van der Waals surface area contributed by atoms with Crippen molar-refractivity contribution in [3.63, 3.8) is 0 Å². The third-order valence-corrected chi connectivity index (χ3v) is 1.51. The fourth-order valence-electron chi connectivity index (χ4n) is 0.672. The average Bonchev–Trinajstić information content (AvgIpc) is 2.20. The molecule has 10 heavy (non-hydrogen) atoms. The first-order valence-corrected chi connectivity index (χ1v) is 3.23. The summed E-state index contributed by atoms with van der Waals surface area (Å²) in [6.07, 6.45) is 1.70. The summed E-state index contributed by atoms with van der Waals surface area (Å²) in [6.45, 7) is 1.95. The SMILES string of the molecule is Cc1c(C#CCl)cnn1C. The van der Waals surface area contributed by atoms with Gasteiger partial charge in [0.2, 0.25) is 0 Å². The van der Waals surface area contributed by atoms with E-state index in [1.54, 1.807) is 10.9 Å². The molecule has 0 saturated carbocycles. The monoisotopic (exact) mass is 154 g/mol. The molecular formula is C7H7ClN2. The Morgan fingerprint density at radius 2 is 2.40 bits per heavy atom. The van der Waals surface area contributed by atoms with Crippen LogP contribution in [0.25, 0.3) is 0 Å². The molecule has 0 fully saturated rings. The minimum atomic E-state index is 0.887. The highest BCUT2D eigenvalue weighted by atomic mass is 35.5. The lowest BCUT2D eigenvalue weighted by Crippen LogP contribution is -1.92. The van der Waals surface area contributed by atoms with Gasteiger partial charge in [-0.25, -0.2) is 0 Å². The standard InChI is InChI=1S/C7H7ClN2/c1-6-7(3-4-8)5-9-10(6)2/h5H,1-2H3. The van der Waals surface area contributed by atoms with Crippen LogP contribution >= 0.6 is 11.6 Å². The van der Waals surface area contributed by atoms with Crippen LogP contribution in [0.4, 0.5) is 0 Å². The molecule has 0 saturated heterocycles. The Bertz CT molecular complexity index is 290. The quantitative estimate of drug-likeness (QED) is 0.515. The first-order chi connectivity index (χ1) is 4.75. The van der Waals surface area contributed by atoms with Crippen LogP contribution in [0.2, 0.25) is 0 Å². The summed E-state index contributed by atoms with van der Waals surface area (Å²) in [5.74, 6) is 2.73. The van der Waals surface area contributed by atoms with Crippen molar-refractivity contribution in [2.75, 3.05) is 0 Å². The van der Waals surface area contributed by atoms with Crippen molar-refractivity contribution < 1.29 is 0 Å². The fourth-order valence-corrected chi connectivity index (χ4v) is 0.774. The first kappa shape index (κ1) is 7.17. The van der Waals surface area contributed by atoms with E-state index < -0.39 is 0 Å². The van der Waals surface area contributed by atoms with Crippen LogP contribution in [-0.2, 0) is 7.05 Å². The summed E-state index contributed by atoms with van der Waals surface area (Å²) in [4.78, 5) is 0. The van der Waals surface area contributed by atoms with Crippen LogP contribution < -0.4 is 0 Å². The number of aryl methyl sites for hydroxylation is 1. The zero-order chi connectivity index (χ0) is 7.56. The number of rotatable bonds is 0. The van der Waals surface area contributed by atoms with Crippen LogP contribution in [0.15, 0.2) is 6.20 Å². The molecule has 0 aliphatic heterocycles. The Balaban J connectivity index is 3.13. The molecule has 0 amide bonds. The van der Waals surface area contributed by atoms with Gasteiger partial charge in [-0.3, -0.25) is 4.68 Å². The maximum absolute atomic E-state index is 5.22. The van der Waals surface area contributed by atoms with Gasteiger partial charge in [0.05, 0.1) is 17.5 Å². The van der Waals surface area contributed by atoms with Crippen molar-refractivity contribution in [2.45, 2.75) is 6.92 Å². The Labute approximate surface area is 64.8 Å². The van der Waals surface area contributed by atoms with Crippen molar-refractivity contribution in [3.05, 3.63) is 17.5 Å². The molecule has 0 spiro atoms. The smallest absolute Gasteiger partial charge is 0.0667 e. The van der Waals surface area contributed by atoms with Gasteiger partial charge in [0.1, 0.15) is 0 Å². The predicted molar refractivity (Wildman–Crippen MR) is 40.7 cm³/mol. The molecule has 52 valence electrons.